The molecule has 1 heterocycles. The summed E-state index contributed by atoms with van der Waals surface area (Å²) < 4.78 is 1.09. The third-order valence-electron chi connectivity index (χ3n) is 3.45. The highest BCUT2D eigenvalue weighted by atomic mass is 32.2. The highest BCUT2D eigenvalue weighted by Crippen LogP contribution is 2.29. The first-order valence-corrected chi connectivity index (χ1v) is 8.94. The second-order valence-corrected chi connectivity index (χ2v) is 7.04. The van der Waals surface area contributed by atoms with E-state index >= 15 is 0 Å². The summed E-state index contributed by atoms with van der Waals surface area (Å²) in [4.78, 5) is 18.1. The van der Waals surface area contributed by atoms with Gasteiger partial charge >= 0.3 is 0 Å². The predicted octanol–water partition coefficient (Wildman–Crippen LogP) is 4.89. The van der Waals surface area contributed by atoms with Crippen LogP contribution in [0.4, 0.5) is 5.13 Å². The van der Waals surface area contributed by atoms with Crippen molar-refractivity contribution in [1.82, 2.24) is 4.98 Å². The molecule has 1 amide bonds. The number of aromatic nitrogens is 1. The Kier molecular flexibility index (Phi) is 4.18. The molecule has 0 radical (unpaired) electrons. The van der Waals surface area contributed by atoms with Crippen molar-refractivity contribution in [1.29, 1.82) is 0 Å². The maximum absolute atomic E-state index is 12.4. The molecule has 0 spiro atoms. The molecule has 0 saturated heterocycles. The number of thiazole rings is 1. The molecular formula is C17H16N2OS2. The van der Waals surface area contributed by atoms with Gasteiger partial charge in [-0.15, -0.1) is 11.8 Å². The number of fused-ring (bicyclic) bond motifs is 1. The number of hydrogen-bond acceptors (Lipinski definition) is 4. The van der Waals surface area contributed by atoms with Crippen LogP contribution in [0.2, 0.25) is 0 Å². The highest BCUT2D eigenvalue weighted by molar-refractivity contribution is 7.98. The van der Waals surface area contributed by atoms with E-state index < -0.39 is 0 Å². The summed E-state index contributed by atoms with van der Waals surface area (Å²) in [5.41, 5.74) is 3.65. The summed E-state index contributed by atoms with van der Waals surface area (Å²) in [6.45, 7) is 3.93. The van der Waals surface area contributed by atoms with Crippen LogP contribution in [0, 0.1) is 13.8 Å². The van der Waals surface area contributed by atoms with Crippen LogP contribution in [0.5, 0.6) is 0 Å². The minimum atomic E-state index is -0.106. The van der Waals surface area contributed by atoms with E-state index in [1.54, 1.807) is 11.8 Å². The molecule has 3 aromatic rings. The zero-order valence-corrected chi connectivity index (χ0v) is 14.3. The zero-order valence-electron chi connectivity index (χ0n) is 12.6. The van der Waals surface area contributed by atoms with E-state index in [9.17, 15) is 4.79 Å². The minimum absolute atomic E-state index is 0.106. The van der Waals surface area contributed by atoms with Gasteiger partial charge in [-0.2, -0.15) is 0 Å². The van der Waals surface area contributed by atoms with Crippen LogP contribution in [-0.4, -0.2) is 17.1 Å². The van der Waals surface area contributed by atoms with E-state index in [0.29, 0.717) is 10.7 Å². The van der Waals surface area contributed by atoms with E-state index in [0.717, 1.165) is 21.3 Å². The topological polar surface area (TPSA) is 42.0 Å². The first-order valence-electron chi connectivity index (χ1n) is 6.90. The Morgan fingerprint density at radius 3 is 2.77 bits per heavy atom. The summed E-state index contributed by atoms with van der Waals surface area (Å²) >= 11 is 3.20. The third kappa shape index (κ3) is 3.00. The van der Waals surface area contributed by atoms with E-state index in [2.05, 4.69) is 16.4 Å². The van der Waals surface area contributed by atoms with Gasteiger partial charge in [0.25, 0.3) is 5.91 Å². The Hall–Kier alpha value is -1.85. The van der Waals surface area contributed by atoms with E-state index in [4.69, 9.17) is 0 Å². The van der Waals surface area contributed by atoms with Crippen LogP contribution in [-0.2, 0) is 0 Å². The lowest BCUT2D eigenvalue weighted by atomic mass is 10.1. The second kappa shape index (κ2) is 6.10. The summed E-state index contributed by atoms with van der Waals surface area (Å²) in [7, 11) is 0. The van der Waals surface area contributed by atoms with Crippen molar-refractivity contribution in [2.24, 2.45) is 0 Å². The number of thioether (sulfide) groups is 1. The van der Waals surface area contributed by atoms with Crippen molar-refractivity contribution in [2.45, 2.75) is 18.7 Å². The van der Waals surface area contributed by atoms with Gasteiger partial charge in [-0.1, -0.05) is 29.0 Å². The van der Waals surface area contributed by atoms with E-state index in [1.807, 2.05) is 50.4 Å². The first-order chi connectivity index (χ1) is 10.6. The number of benzene rings is 2. The van der Waals surface area contributed by atoms with Crippen molar-refractivity contribution in [3.8, 4) is 0 Å². The van der Waals surface area contributed by atoms with Crippen LogP contribution >= 0.6 is 23.1 Å². The van der Waals surface area contributed by atoms with Crippen molar-refractivity contribution in [2.75, 3.05) is 11.6 Å². The van der Waals surface area contributed by atoms with Crippen molar-refractivity contribution in [3.05, 3.63) is 53.1 Å². The molecule has 0 aliphatic rings. The molecule has 0 bridgehead atoms. The lowest BCUT2D eigenvalue weighted by Crippen LogP contribution is -2.13. The normalized spacial score (nSPS) is 10.9. The quantitative estimate of drug-likeness (QED) is 0.696. The third-order valence-corrected chi connectivity index (χ3v) is 5.11. The smallest absolute Gasteiger partial charge is 0.257 e. The lowest BCUT2D eigenvalue weighted by molar-refractivity contribution is 0.102. The van der Waals surface area contributed by atoms with Gasteiger partial charge in [-0.25, -0.2) is 4.98 Å². The number of carbonyl (C=O) groups is 1. The fourth-order valence-corrected chi connectivity index (χ4v) is 3.64. The zero-order chi connectivity index (χ0) is 15.7. The van der Waals surface area contributed by atoms with E-state index in [-0.39, 0.29) is 5.91 Å². The van der Waals surface area contributed by atoms with Gasteiger partial charge in [0.2, 0.25) is 0 Å². The SMILES string of the molecule is CSc1ccc2nc(NC(=O)c3cc(C)ccc3C)sc2c1. The van der Waals surface area contributed by atoms with Crippen molar-refractivity contribution in [3.63, 3.8) is 0 Å². The molecule has 0 atom stereocenters. The first kappa shape index (κ1) is 15.1. The fraction of sp³-hybridized carbons (Fsp3) is 0.176. The number of hydrogen-bond donors (Lipinski definition) is 1. The average molecular weight is 328 g/mol. The molecule has 0 saturated carbocycles. The van der Waals surface area contributed by atoms with Gasteiger partial charge in [0, 0.05) is 10.5 Å². The number of aryl methyl sites for hydroxylation is 2. The number of nitrogens with zero attached hydrogens (tertiary/aromatic N) is 1. The number of anilines is 1. The van der Waals surface area contributed by atoms with Crippen LogP contribution < -0.4 is 5.32 Å². The Morgan fingerprint density at radius 2 is 2.00 bits per heavy atom. The van der Waals surface area contributed by atoms with Gasteiger partial charge in [0.15, 0.2) is 5.13 Å². The van der Waals surface area contributed by atoms with E-state index in [1.165, 1.54) is 16.2 Å². The number of nitrogens with one attached hydrogen (secondary N) is 1. The number of carbonyl (C=O) groups excluding carboxylic acids is 1. The van der Waals surface area contributed by atoms with Crippen LogP contribution in [0.25, 0.3) is 10.2 Å². The van der Waals surface area contributed by atoms with Gasteiger partial charge in [0.05, 0.1) is 10.2 Å². The van der Waals surface area contributed by atoms with Crippen molar-refractivity contribution >= 4 is 44.4 Å². The molecule has 0 unspecified atom stereocenters. The highest BCUT2D eigenvalue weighted by Gasteiger charge is 2.12. The molecule has 1 N–H and O–H groups in total. The standard InChI is InChI=1S/C17H16N2OS2/c1-10-4-5-11(2)13(8-10)16(20)19-17-18-14-7-6-12(21-3)9-15(14)22-17/h4-9H,1-3H3,(H,18,19,20). The van der Waals surface area contributed by atoms with Crippen LogP contribution in [0.3, 0.4) is 0 Å². The minimum Gasteiger partial charge on any atom is -0.298 e. The Labute approximate surface area is 137 Å². The summed E-state index contributed by atoms with van der Waals surface area (Å²) in [6, 6.07) is 12.0. The Morgan fingerprint density at radius 1 is 1.18 bits per heavy atom. The molecule has 0 fully saturated rings. The lowest BCUT2D eigenvalue weighted by Gasteiger charge is -2.06. The molecule has 3 nitrogen and oxygen atoms in total. The monoisotopic (exact) mass is 328 g/mol. The molecule has 0 aliphatic heterocycles. The van der Waals surface area contributed by atoms with Gasteiger partial charge in [-0.05, 0) is 49.9 Å². The molecular weight excluding hydrogens is 312 g/mol. The number of amides is 1. The van der Waals surface area contributed by atoms with Gasteiger partial charge in [0.1, 0.15) is 0 Å². The van der Waals surface area contributed by atoms with Crippen LogP contribution in [0.15, 0.2) is 41.3 Å². The maximum Gasteiger partial charge on any atom is 0.257 e. The second-order valence-electron chi connectivity index (χ2n) is 5.13. The average Bonchev–Trinajstić information content (AvgIpc) is 2.90. The largest absolute Gasteiger partial charge is 0.298 e. The molecule has 5 heteroatoms. The predicted molar refractivity (Wildman–Crippen MR) is 95.3 cm³/mol. The number of rotatable bonds is 3. The van der Waals surface area contributed by atoms with Gasteiger partial charge in [-0.3, -0.25) is 10.1 Å². The summed E-state index contributed by atoms with van der Waals surface area (Å²) in [5, 5.41) is 3.55. The van der Waals surface area contributed by atoms with Crippen molar-refractivity contribution < 1.29 is 4.79 Å². The maximum atomic E-state index is 12.4. The van der Waals surface area contributed by atoms with Gasteiger partial charge < -0.3 is 0 Å². The molecule has 112 valence electrons. The molecule has 0 aliphatic carbocycles. The molecule has 22 heavy (non-hydrogen) atoms. The summed E-state index contributed by atoms with van der Waals surface area (Å²) in [5.74, 6) is -0.106. The summed E-state index contributed by atoms with van der Waals surface area (Å²) in [6.07, 6.45) is 2.05. The molecule has 1 aromatic heterocycles. The Balaban J connectivity index is 1.89. The fourth-order valence-electron chi connectivity index (χ4n) is 2.23. The van der Waals surface area contributed by atoms with Crippen LogP contribution in [0.1, 0.15) is 21.5 Å². The Bertz CT molecular complexity index is 855. The molecule has 2 aromatic carbocycles. The molecule has 3 rings (SSSR count).